The Hall–Kier alpha value is -3.11. The van der Waals surface area contributed by atoms with E-state index >= 15 is 0 Å². The molecule has 3 aromatic carbocycles. The summed E-state index contributed by atoms with van der Waals surface area (Å²) in [6, 6.07) is 19.4. The predicted molar refractivity (Wildman–Crippen MR) is 119 cm³/mol. The Balaban J connectivity index is 1.75. The van der Waals surface area contributed by atoms with Gasteiger partial charge >= 0.3 is 5.97 Å². The molecule has 1 amide bonds. The molecule has 0 aromatic heterocycles. The highest BCUT2D eigenvalue weighted by Gasteiger charge is 2.21. The van der Waals surface area contributed by atoms with Crippen molar-refractivity contribution in [3.05, 3.63) is 87.9 Å². The van der Waals surface area contributed by atoms with Crippen molar-refractivity contribution in [1.82, 2.24) is 0 Å². The van der Waals surface area contributed by atoms with Crippen molar-refractivity contribution in [2.45, 2.75) is 26.3 Å². The Morgan fingerprint density at radius 3 is 2.43 bits per heavy atom. The summed E-state index contributed by atoms with van der Waals surface area (Å²) in [5, 5.41) is 0.680. The lowest BCUT2D eigenvalue weighted by Gasteiger charge is -2.28. The number of aryl methyl sites for hydroxylation is 2. The molecule has 4 rings (SSSR count). The molecule has 0 saturated carbocycles. The van der Waals surface area contributed by atoms with Crippen molar-refractivity contribution in [3.8, 4) is 11.1 Å². The van der Waals surface area contributed by atoms with Gasteiger partial charge in [0.05, 0.1) is 19.2 Å². The van der Waals surface area contributed by atoms with E-state index in [0.29, 0.717) is 17.1 Å². The quantitative estimate of drug-likeness (QED) is 0.519. The monoisotopic (exact) mass is 419 g/mol. The van der Waals surface area contributed by atoms with Gasteiger partial charge < -0.3 is 9.64 Å². The first kappa shape index (κ1) is 20.2. The van der Waals surface area contributed by atoms with Crippen LogP contribution in [0.15, 0.2) is 60.7 Å². The lowest BCUT2D eigenvalue weighted by atomic mass is 9.92. The second-order valence-electron chi connectivity index (χ2n) is 7.43. The number of benzene rings is 3. The summed E-state index contributed by atoms with van der Waals surface area (Å²) in [6.45, 7) is 2.08. The number of carbonyl (C=O) groups is 2. The van der Waals surface area contributed by atoms with Gasteiger partial charge in [-0.05, 0) is 77.1 Å². The lowest BCUT2D eigenvalue weighted by molar-refractivity contribution is -0.116. The molecule has 4 nitrogen and oxygen atoms in total. The SMILES string of the molecule is COC(=O)c1cccc(-c2ccc3c(c2)CN(C(C)=O)c2ccc(Cl)cc2CC3)c1. The predicted octanol–water partition coefficient (Wildman–Crippen LogP) is 5.45. The number of carbonyl (C=O) groups excluding carboxylic acids is 2. The van der Waals surface area contributed by atoms with Gasteiger partial charge in [-0.2, -0.15) is 0 Å². The van der Waals surface area contributed by atoms with E-state index in [1.165, 1.54) is 12.7 Å². The van der Waals surface area contributed by atoms with E-state index < -0.39 is 0 Å². The molecule has 1 aliphatic heterocycles. The van der Waals surface area contributed by atoms with Crippen LogP contribution in [-0.4, -0.2) is 19.0 Å². The minimum atomic E-state index is -0.360. The lowest BCUT2D eigenvalue weighted by Crippen LogP contribution is -2.30. The number of halogens is 1. The number of nitrogens with zero attached hydrogens (tertiary/aromatic N) is 1. The fraction of sp³-hybridized carbons (Fsp3) is 0.200. The second kappa shape index (κ2) is 8.33. The third-order valence-electron chi connectivity index (χ3n) is 5.53. The smallest absolute Gasteiger partial charge is 0.337 e. The number of fused-ring (bicyclic) bond motifs is 2. The van der Waals surface area contributed by atoms with Crippen molar-refractivity contribution in [2.75, 3.05) is 12.0 Å². The molecule has 0 atom stereocenters. The van der Waals surface area contributed by atoms with Crippen LogP contribution in [0.25, 0.3) is 11.1 Å². The van der Waals surface area contributed by atoms with Crippen molar-refractivity contribution < 1.29 is 14.3 Å². The van der Waals surface area contributed by atoms with E-state index in [2.05, 4.69) is 18.2 Å². The van der Waals surface area contributed by atoms with Crippen LogP contribution in [-0.2, 0) is 28.9 Å². The molecular formula is C25H22ClNO3. The summed E-state index contributed by atoms with van der Waals surface area (Å²) < 4.78 is 4.84. The number of methoxy groups -OCH3 is 1. The zero-order chi connectivity index (χ0) is 21.3. The molecule has 0 unspecified atom stereocenters. The van der Waals surface area contributed by atoms with Gasteiger partial charge in [0.25, 0.3) is 0 Å². The Morgan fingerprint density at radius 2 is 1.67 bits per heavy atom. The van der Waals surface area contributed by atoms with Crippen molar-refractivity contribution in [3.63, 3.8) is 0 Å². The van der Waals surface area contributed by atoms with E-state index in [0.717, 1.165) is 40.8 Å². The van der Waals surface area contributed by atoms with E-state index in [-0.39, 0.29) is 11.9 Å². The highest BCUT2D eigenvalue weighted by Crippen LogP contribution is 2.32. The van der Waals surface area contributed by atoms with Crippen molar-refractivity contribution >= 4 is 29.2 Å². The fourth-order valence-electron chi connectivity index (χ4n) is 3.96. The molecule has 0 N–H and O–H groups in total. The second-order valence-corrected chi connectivity index (χ2v) is 7.87. The van der Waals surface area contributed by atoms with Gasteiger partial charge in [-0.15, -0.1) is 0 Å². The van der Waals surface area contributed by atoms with Crippen LogP contribution in [0.5, 0.6) is 0 Å². The summed E-state index contributed by atoms with van der Waals surface area (Å²) in [5.41, 5.74) is 6.75. The first-order valence-corrected chi connectivity index (χ1v) is 10.2. The van der Waals surface area contributed by atoms with Gasteiger partial charge in [0.1, 0.15) is 0 Å². The maximum Gasteiger partial charge on any atom is 0.337 e. The summed E-state index contributed by atoms with van der Waals surface area (Å²) in [7, 11) is 1.38. The third kappa shape index (κ3) is 3.96. The number of hydrogen-bond donors (Lipinski definition) is 0. The van der Waals surface area contributed by atoms with Crippen LogP contribution in [0.2, 0.25) is 5.02 Å². The molecule has 5 heteroatoms. The molecule has 152 valence electrons. The van der Waals surface area contributed by atoms with E-state index in [1.807, 2.05) is 36.4 Å². The molecular weight excluding hydrogens is 398 g/mol. The summed E-state index contributed by atoms with van der Waals surface area (Å²) in [4.78, 5) is 26.2. The zero-order valence-electron chi connectivity index (χ0n) is 16.9. The normalized spacial score (nSPS) is 13.0. The van der Waals surface area contributed by atoms with Crippen LogP contribution in [0.1, 0.15) is 34.0 Å². The summed E-state index contributed by atoms with van der Waals surface area (Å²) in [5.74, 6) is -0.370. The number of rotatable bonds is 2. The highest BCUT2D eigenvalue weighted by molar-refractivity contribution is 6.30. The molecule has 0 fully saturated rings. The number of hydrogen-bond acceptors (Lipinski definition) is 3. The van der Waals surface area contributed by atoms with Gasteiger partial charge in [0.2, 0.25) is 5.91 Å². The van der Waals surface area contributed by atoms with Gasteiger partial charge in [0.15, 0.2) is 0 Å². The zero-order valence-corrected chi connectivity index (χ0v) is 17.7. The molecule has 0 spiro atoms. The van der Waals surface area contributed by atoms with Gasteiger partial charge in [0, 0.05) is 17.6 Å². The van der Waals surface area contributed by atoms with E-state index in [4.69, 9.17) is 16.3 Å². The van der Waals surface area contributed by atoms with Gasteiger partial charge in [-0.3, -0.25) is 4.79 Å². The maximum absolute atomic E-state index is 12.5. The summed E-state index contributed by atoms with van der Waals surface area (Å²) >= 11 is 6.20. The first-order valence-electron chi connectivity index (χ1n) is 9.83. The third-order valence-corrected chi connectivity index (χ3v) is 5.76. The number of esters is 1. The Kier molecular flexibility index (Phi) is 5.60. The molecule has 0 radical (unpaired) electrons. The molecule has 1 heterocycles. The van der Waals surface area contributed by atoms with Crippen LogP contribution in [0.3, 0.4) is 0 Å². The molecule has 3 aromatic rings. The Bertz CT molecular complexity index is 1140. The first-order chi connectivity index (χ1) is 14.5. The van der Waals surface area contributed by atoms with Gasteiger partial charge in [-0.1, -0.05) is 35.9 Å². The van der Waals surface area contributed by atoms with Crippen LogP contribution in [0, 0.1) is 0 Å². The Morgan fingerprint density at radius 1 is 0.900 bits per heavy atom. The maximum atomic E-state index is 12.5. The number of amides is 1. The van der Waals surface area contributed by atoms with E-state index in [1.54, 1.807) is 17.9 Å². The number of ether oxygens (including phenoxy) is 1. The molecule has 30 heavy (non-hydrogen) atoms. The van der Waals surface area contributed by atoms with Crippen LogP contribution in [0.4, 0.5) is 5.69 Å². The minimum absolute atomic E-state index is 0.00971. The average Bonchev–Trinajstić information content (AvgIpc) is 2.74. The van der Waals surface area contributed by atoms with Crippen molar-refractivity contribution in [2.24, 2.45) is 0 Å². The van der Waals surface area contributed by atoms with E-state index in [9.17, 15) is 9.59 Å². The fourth-order valence-corrected chi connectivity index (χ4v) is 4.16. The van der Waals surface area contributed by atoms with Crippen LogP contribution < -0.4 is 4.90 Å². The van der Waals surface area contributed by atoms with Crippen molar-refractivity contribution in [1.29, 1.82) is 0 Å². The Labute approximate surface area is 181 Å². The van der Waals surface area contributed by atoms with Gasteiger partial charge in [-0.25, -0.2) is 4.79 Å². The minimum Gasteiger partial charge on any atom is -0.465 e. The average molecular weight is 420 g/mol. The summed E-state index contributed by atoms with van der Waals surface area (Å²) in [6.07, 6.45) is 1.68. The topological polar surface area (TPSA) is 46.6 Å². The molecule has 0 bridgehead atoms. The number of anilines is 1. The highest BCUT2D eigenvalue weighted by atomic mass is 35.5. The standard InChI is InChI=1S/C25H22ClNO3/c1-16(28)27-15-22-13-19(18-4-3-5-21(12-18)25(29)30-2)8-6-17(22)7-9-20-14-23(26)10-11-24(20)27/h3-6,8,10-14H,7,9,15H2,1-2H3. The largest absolute Gasteiger partial charge is 0.465 e. The van der Waals surface area contributed by atoms with Crippen LogP contribution >= 0.6 is 11.6 Å². The molecule has 1 aliphatic rings. The molecule has 0 saturated heterocycles. The molecule has 0 aliphatic carbocycles.